The summed E-state index contributed by atoms with van der Waals surface area (Å²) in [5.41, 5.74) is 1.12. The van der Waals surface area contributed by atoms with Crippen molar-refractivity contribution < 1.29 is 31.8 Å². The molecule has 0 spiro atoms. The van der Waals surface area contributed by atoms with Gasteiger partial charge in [0.05, 0.1) is 24.1 Å². The highest BCUT2D eigenvalue weighted by molar-refractivity contribution is 7.89. The van der Waals surface area contributed by atoms with Crippen LogP contribution in [-0.4, -0.2) is 72.5 Å². The molecular weight excluding hydrogens is 516 g/mol. The SMILES string of the molecule is C[C@@H]1CN([C@@H](C)CO)C(=O)c2cc(-c3cccc(F)c3)cnc2O[C@@H]1CN(C)S(=O)(=O)c1cccc(F)c1. The number of pyridine rings is 1. The molecule has 0 fully saturated rings. The predicted octanol–water partition coefficient (Wildman–Crippen LogP) is 3.57. The maximum absolute atomic E-state index is 13.8. The third-order valence-corrected chi connectivity index (χ3v) is 8.44. The zero-order valence-corrected chi connectivity index (χ0v) is 22.0. The zero-order chi connectivity index (χ0) is 27.6. The Labute approximate surface area is 220 Å². The van der Waals surface area contributed by atoms with E-state index in [0.717, 1.165) is 16.4 Å². The van der Waals surface area contributed by atoms with E-state index in [2.05, 4.69) is 4.98 Å². The van der Waals surface area contributed by atoms with Crippen LogP contribution < -0.4 is 4.74 Å². The van der Waals surface area contributed by atoms with E-state index in [4.69, 9.17) is 4.74 Å². The Bertz CT molecular complexity index is 1440. The van der Waals surface area contributed by atoms with E-state index in [-0.39, 0.29) is 42.0 Å². The van der Waals surface area contributed by atoms with Crippen molar-refractivity contribution in [3.63, 3.8) is 0 Å². The van der Waals surface area contributed by atoms with Gasteiger partial charge in [0.1, 0.15) is 23.3 Å². The number of rotatable bonds is 7. The van der Waals surface area contributed by atoms with Gasteiger partial charge in [-0.25, -0.2) is 22.2 Å². The van der Waals surface area contributed by atoms with Gasteiger partial charge in [0.2, 0.25) is 15.9 Å². The summed E-state index contributed by atoms with van der Waals surface area (Å²) in [7, 11) is -2.67. The standard InChI is InChI=1S/C27H29F2N3O5S/c1-17-14-32(18(2)16-33)27(34)24-11-20(19-6-4-7-21(28)10-19)13-30-26(24)37-25(17)15-31(3)38(35,36)23-9-5-8-22(29)12-23/h4-13,17-18,25,33H,14-16H2,1-3H3/t17-,18+,25-/m1/s1. The first-order valence-electron chi connectivity index (χ1n) is 12.1. The minimum atomic E-state index is -4.04. The molecular formula is C27H29F2N3O5S. The highest BCUT2D eigenvalue weighted by atomic mass is 32.2. The molecule has 0 saturated carbocycles. The molecule has 0 saturated heterocycles. The number of carbonyl (C=O) groups excluding carboxylic acids is 1. The lowest BCUT2D eigenvalue weighted by molar-refractivity contribution is 0.0373. The number of ether oxygens (including phenoxy) is 1. The molecule has 0 bridgehead atoms. The fraction of sp³-hybridized carbons (Fsp3) is 0.333. The fourth-order valence-corrected chi connectivity index (χ4v) is 5.52. The molecule has 8 nitrogen and oxygen atoms in total. The van der Waals surface area contributed by atoms with Crippen molar-refractivity contribution in [2.75, 3.05) is 26.7 Å². The second-order valence-corrected chi connectivity index (χ2v) is 11.5. The monoisotopic (exact) mass is 545 g/mol. The summed E-state index contributed by atoms with van der Waals surface area (Å²) in [6.07, 6.45) is 0.716. The minimum absolute atomic E-state index is 0.00148. The number of aliphatic hydroxyl groups is 1. The van der Waals surface area contributed by atoms with Gasteiger partial charge in [-0.15, -0.1) is 0 Å². The lowest BCUT2D eigenvalue weighted by Crippen LogP contribution is -2.50. The van der Waals surface area contributed by atoms with E-state index >= 15 is 0 Å². The lowest BCUT2D eigenvalue weighted by atomic mass is 9.99. The van der Waals surface area contributed by atoms with Gasteiger partial charge in [-0.1, -0.05) is 25.1 Å². The van der Waals surface area contributed by atoms with Crippen LogP contribution in [0.4, 0.5) is 8.78 Å². The van der Waals surface area contributed by atoms with Gasteiger partial charge < -0.3 is 14.7 Å². The number of fused-ring (bicyclic) bond motifs is 1. The number of hydrogen-bond donors (Lipinski definition) is 1. The summed E-state index contributed by atoms with van der Waals surface area (Å²) in [6.45, 7) is 3.28. The number of aliphatic hydroxyl groups excluding tert-OH is 1. The van der Waals surface area contributed by atoms with E-state index in [0.29, 0.717) is 11.1 Å². The molecule has 0 aliphatic carbocycles. The molecule has 0 unspecified atom stereocenters. The molecule has 3 atom stereocenters. The van der Waals surface area contributed by atoms with Gasteiger partial charge in [-0.3, -0.25) is 4.79 Å². The summed E-state index contributed by atoms with van der Waals surface area (Å²) in [4.78, 5) is 19.2. The van der Waals surface area contributed by atoms with Gasteiger partial charge in [0.25, 0.3) is 5.91 Å². The Morgan fingerprint density at radius 3 is 2.47 bits per heavy atom. The van der Waals surface area contributed by atoms with Crippen molar-refractivity contribution >= 4 is 15.9 Å². The highest BCUT2D eigenvalue weighted by Crippen LogP contribution is 2.31. The Kier molecular flexibility index (Phi) is 8.10. The van der Waals surface area contributed by atoms with Crippen molar-refractivity contribution in [1.82, 2.24) is 14.2 Å². The van der Waals surface area contributed by atoms with Crippen molar-refractivity contribution in [2.24, 2.45) is 5.92 Å². The molecule has 2 heterocycles. The maximum Gasteiger partial charge on any atom is 0.259 e. The number of sulfonamides is 1. The third-order valence-electron chi connectivity index (χ3n) is 6.62. The Morgan fingerprint density at radius 2 is 1.82 bits per heavy atom. The van der Waals surface area contributed by atoms with E-state index in [1.165, 1.54) is 42.4 Å². The van der Waals surface area contributed by atoms with Crippen LogP contribution in [0, 0.1) is 17.6 Å². The summed E-state index contributed by atoms with van der Waals surface area (Å²) < 4.78 is 61.0. The molecule has 1 N–H and O–H groups in total. The van der Waals surface area contributed by atoms with Gasteiger partial charge >= 0.3 is 0 Å². The van der Waals surface area contributed by atoms with Gasteiger partial charge in [-0.05, 0) is 48.9 Å². The number of hydrogen-bond acceptors (Lipinski definition) is 6. The third kappa shape index (κ3) is 5.69. The largest absolute Gasteiger partial charge is 0.472 e. The van der Waals surface area contributed by atoms with Crippen molar-refractivity contribution in [1.29, 1.82) is 0 Å². The maximum atomic E-state index is 13.8. The minimum Gasteiger partial charge on any atom is -0.472 e. The van der Waals surface area contributed by atoms with Crippen LogP contribution in [0.25, 0.3) is 11.1 Å². The fourth-order valence-electron chi connectivity index (χ4n) is 4.31. The van der Waals surface area contributed by atoms with Crippen molar-refractivity contribution in [3.05, 3.63) is 78.0 Å². The molecule has 3 aromatic rings. The van der Waals surface area contributed by atoms with Gasteiger partial charge in [0, 0.05) is 31.3 Å². The predicted molar refractivity (Wildman–Crippen MR) is 137 cm³/mol. The van der Waals surface area contributed by atoms with E-state index in [9.17, 15) is 27.1 Å². The first-order chi connectivity index (χ1) is 18.0. The van der Waals surface area contributed by atoms with Crippen molar-refractivity contribution in [3.8, 4) is 17.0 Å². The van der Waals surface area contributed by atoms with Crippen LogP contribution >= 0.6 is 0 Å². The molecule has 4 rings (SSSR count). The van der Waals surface area contributed by atoms with E-state index in [1.807, 2.05) is 6.92 Å². The van der Waals surface area contributed by atoms with Crippen LogP contribution in [0.5, 0.6) is 5.88 Å². The summed E-state index contributed by atoms with van der Waals surface area (Å²) in [5.74, 6) is -1.90. The lowest BCUT2D eigenvalue weighted by Gasteiger charge is -2.37. The van der Waals surface area contributed by atoms with Gasteiger partial charge in [-0.2, -0.15) is 4.31 Å². The van der Waals surface area contributed by atoms with Crippen LogP contribution in [0.15, 0.2) is 65.7 Å². The number of aromatic nitrogens is 1. The van der Waals surface area contributed by atoms with Crippen LogP contribution in [0.3, 0.4) is 0 Å². The van der Waals surface area contributed by atoms with Crippen LogP contribution in [0.1, 0.15) is 24.2 Å². The molecule has 2 aromatic carbocycles. The van der Waals surface area contributed by atoms with Crippen LogP contribution in [-0.2, 0) is 10.0 Å². The first kappa shape index (κ1) is 27.6. The van der Waals surface area contributed by atoms with E-state index in [1.54, 1.807) is 25.1 Å². The Balaban J connectivity index is 1.72. The molecule has 1 aliphatic rings. The van der Waals surface area contributed by atoms with Gasteiger partial charge in [0.15, 0.2) is 0 Å². The second-order valence-electron chi connectivity index (χ2n) is 9.45. The zero-order valence-electron chi connectivity index (χ0n) is 21.2. The quantitative estimate of drug-likeness (QED) is 0.487. The first-order valence-corrected chi connectivity index (χ1v) is 13.5. The van der Waals surface area contributed by atoms with E-state index < -0.39 is 39.7 Å². The molecule has 1 aromatic heterocycles. The number of halogens is 2. The van der Waals surface area contributed by atoms with Crippen molar-refractivity contribution in [2.45, 2.75) is 30.9 Å². The molecule has 38 heavy (non-hydrogen) atoms. The average molecular weight is 546 g/mol. The topological polar surface area (TPSA) is 100 Å². The Hall–Kier alpha value is -3.41. The number of carbonyl (C=O) groups is 1. The molecule has 0 radical (unpaired) electrons. The molecule has 202 valence electrons. The summed E-state index contributed by atoms with van der Waals surface area (Å²) in [6, 6.07) is 11.6. The number of amides is 1. The summed E-state index contributed by atoms with van der Waals surface area (Å²) in [5, 5.41) is 9.83. The smallest absolute Gasteiger partial charge is 0.259 e. The normalized spacial score (nSPS) is 18.9. The Morgan fingerprint density at radius 1 is 1.13 bits per heavy atom. The summed E-state index contributed by atoms with van der Waals surface area (Å²) >= 11 is 0. The second kappa shape index (κ2) is 11.1. The molecule has 11 heteroatoms. The van der Waals surface area contributed by atoms with Crippen LogP contribution in [0.2, 0.25) is 0 Å². The number of likely N-dealkylation sites (N-methyl/N-ethyl adjacent to an activating group) is 1. The average Bonchev–Trinajstić information content (AvgIpc) is 2.89. The molecule has 1 aliphatic heterocycles. The highest BCUT2D eigenvalue weighted by Gasteiger charge is 2.36. The number of benzene rings is 2. The molecule has 1 amide bonds. The number of nitrogens with zero attached hydrogens (tertiary/aromatic N) is 3.